The van der Waals surface area contributed by atoms with E-state index in [1.54, 1.807) is 0 Å². The molecule has 1 aliphatic rings. The van der Waals surface area contributed by atoms with Crippen molar-refractivity contribution < 1.29 is 26.7 Å². The summed E-state index contributed by atoms with van der Waals surface area (Å²) in [5.74, 6) is -3.47. The van der Waals surface area contributed by atoms with Gasteiger partial charge in [-0.05, 0) is 18.2 Å². The van der Waals surface area contributed by atoms with Crippen molar-refractivity contribution in [3.8, 4) is 0 Å². The molecule has 0 amide bonds. The predicted octanol–water partition coefficient (Wildman–Crippen LogP) is 1.89. The fourth-order valence-electron chi connectivity index (χ4n) is 2.15. The summed E-state index contributed by atoms with van der Waals surface area (Å²) in [5, 5.41) is 0. The first-order valence-electron chi connectivity index (χ1n) is 6.21. The van der Waals surface area contributed by atoms with Gasteiger partial charge in [0.2, 0.25) is 10.0 Å². The number of alkyl halides is 2. The number of hydrogen-bond donors (Lipinski definition) is 0. The minimum Gasteiger partial charge on any atom is -0.465 e. The normalized spacial score (nSPS) is 18.3. The van der Waals surface area contributed by atoms with Crippen LogP contribution in [-0.2, 0) is 14.8 Å². The largest absolute Gasteiger partial charge is 0.465 e. The first-order chi connectivity index (χ1) is 9.67. The van der Waals surface area contributed by atoms with E-state index in [2.05, 4.69) is 4.74 Å². The van der Waals surface area contributed by atoms with E-state index in [9.17, 15) is 22.0 Å². The quantitative estimate of drug-likeness (QED) is 0.795. The summed E-state index contributed by atoms with van der Waals surface area (Å²) in [6.45, 7) is 0. The summed E-state index contributed by atoms with van der Waals surface area (Å²) in [7, 11) is -1.47. The predicted molar refractivity (Wildman–Crippen MR) is 70.7 cm³/mol. The third kappa shape index (κ3) is 3.06. The van der Waals surface area contributed by atoms with E-state index in [0.717, 1.165) is 4.31 Å². The minimum absolute atomic E-state index is 0.0888. The van der Waals surface area contributed by atoms with E-state index in [0.29, 0.717) is 0 Å². The molecule has 0 aliphatic heterocycles. The van der Waals surface area contributed by atoms with Crippen molar-refractivity contribution >= 4 is 16.0 Å². The molecule has 5 nitrogen and oxygen atoms in total. The molecule has 2 rings (SSSR count). The third-order valence-electron chi connectivity index (χ3n) is 3.51. The average Bonchev–Trinajstić information content (AvgIpc) is 2.43. The molecule has 0 N–H and O–H groups in total. The lowest BCUT2D eigenvalue weighted by atomic mass is 9.88. The van der Waals surface area contributed by atoms with Gasteiger partial charge >= 0.3 is 5.97 Å². The maximum absolute atomic E-state index is 12.9. The summed E-state index contributed by atoms with van der Waals surface area (Å²) < 4.78 is 55.9. The highest BCUT2D eigenvalue weighted by atomic mass is 32.2. The van der Waals surface area contributed by atoms with Crippen molar-refractivity contribution in [2.24, 2.45) is 0 Å². The number of sulfonamides is 1. The van der Waals surface area contributed by atoms with Gasteiger partial charge in [0.15, 0.2) is 0 Å². The molecule has 8 heteroatoms. The number of carbonyl (C=O) groups is 1. The second kappa shape index (κ2) is 5.34. The lowest BCUT2D eigenvalue weighted by molar-refractivity contribution is -0.106. The first-order valence-corrected chi connectivity index (χ1v) is 7.65. The Bertz CT molecular complexity index is 652. The van der Waals surface area contributed by atoms with Gasteiger partial charge in [-0.25, -0.2) is 22.0 Å². The Morgan fingerprint density at radius 1 is 1.38 bits per heavy atom. The molecule has 0 radical (unpaired) electrons. The van der Waals surface area contributed by atoms with Crippen LogP contribution < -0.4 is 0 Å². The highest BCUT2D eigenvalue weighted by Gasteiger charge is 2.49. The van der Waals surface area contributed by atoms with Gasteiger partial charge in [-0.1, -0.05) is 6.07 Å². The molecule has 0 heterocycles. The van der Waals surface area contributed by atoms with Crippen LogP contribution in [0.2, 0.25) is 0 Å². The van der Waals surface area contributed by atoms with Gasteiger partial charge in [0, 0.05) is 25.9 Å². The number of rotatable bonds is 4. The molecule has 0 spiro atoms. The van der Waals surface area contributed by atoms with Crippen LogP contribution in [0.5, 0.6) is 0 Å². The standard InChI is InChI=1S/C13H15F2NO4S/c1-16(10-7-13(14,15)8-10)21(18,19)11-5-3-4-9(6-11)12(17)20-2/h3-6,10H,7-8H2,1-2H3. The summed E-state index contributed by atoms with van der Waals surface area (Å²) >= 11 is 0. The number of esters is 1. The minimum atomic E-state index is -3.92. The van der Waals surface area contributed by atoms with Gasteiger partial charge < -0.3 is 4.74 Å². The topological polar surface area (TPSA) is 63.7 Å². The van der Waals surface area contributed by atoms with Crippen LogP contribution in [0, 0.1) is 0 Å². The Morgan fingerprint density at radius 2 is 2.00 bits per heavy atom. The molecule has 1 aromatic carbocycles. The zero-order valence-corrected chi connectivity index (χ0v) is 12.4. The molecule has 0 atom stereocenters. The van der Waals surface area contributed by atoms with E-state index in [4.69, 9.17) is 0 Å². The molecule has 0 saturated heterocycles. The van der Waals surface area contributed by atoms with Crippen molar-refractivity contribution in [3.05, 3.63) is 29.8 Å². The maximum atomic E-state index is 12.9. The van der Waals surface area contributed by atoms with E-state index in [-0.39, 0.29) is 10.5 Å². The van der Waals surface area contributed by atoms with Crippen LogP contribution in [0.3, 0.4) is 0 Å². The number of carbonyl (C=O) groups excluding carboxylic acids is 1. The van der Waals surface area contributed by atoms with Crippen LogP contribution in [0.4, 0.5) is 8.78 Å². The van der Waals surface area contributed by atoms with E-state index in [1.807, 2.05) is 0 Å². The fraction of sp³-hybridized carbons (Fsp3) is 0.462. The molecule has 1 saturated carbocycles. The van der Waals surface area contributed by atoms with E-state index >= 15 is 0 Å². The van der Waals surface area contributed by atoms with Crippen molar-refractivity contribution in [3.63, 3.8) is 0 Å². The zero-order valence-electron chi connectivity index (χ0n) is 11.5. The first kappa shape index (κ1) is 15.8. The number of methoxy groups -OCH3 is 1. The van der Waals surface area contributed by atoms with Gasteiger partial charge in [0.25, 0.3) is 5.92 Å². The lowest BCUT2D eigenvalue weighted by Gasteiger charge is -2.39. The Kier molecular flexibility index (Phi) is 4.03. The number of ether oxygens (including phenoxy) is 1. The van der Waals surface area contributed by atoms with Crippen LogP contribution in [-0.4, -0.2) is 44.8 Å². The van der Waals surface area contributed by atoms with Gasteiger partial charge in [-0.15, -0.1) is 0 Å². The van der Waals surface area contributed by atoms with E-state index in [1.165, 1.54) is 38.4 Å². The summed E-state index contributed by atoms with van der Waals surface area (Å²) in [5.41, 5.74) is 0.0888. The zero-order chi connectivity index (χ0) is 15.8. The van der Waals surface area contributed by atoms with Crippen LogP contribution in [0.25, 0.3) is 0 Å². The molecule has 116 valence electrons. The number of benzene rings is 1. The number of nitrogens with zero attached hydrogens (tertiary/aromatic N) is 1. The van der Waals surface area contributed by atoms with Crippen molar-refractivity contribution in [1.29, 1.82) is 0 Å². The fourth-order valence-corrected chi connectivity index (χ4v) is 3.55. The SMILES string of the molecule is COC(=O)c1cccc(S(=O)(=O)N(C)C2CC(F)(F)C2)c1. The molecule has 0 aromatic heterocycles. The third-order valence-corrected chi connectivity index (χ3v) is 5.42. The number of hydrogen-bond acceptors (Lipinski definition) is 4. The Morgan fingerprint density at radius 3 is 2.52 bits per heavy atom. The van der Waals surface area contributed by atoms with E-state index < -0.39 is 40.8 Å². The van der Waals surface area contributed by atoms with Crippen LogP contribution in [0.1, 0.15) is 23.2 Å². The Labute approximate surface area is 121 Å². The Hall–Kier alpha value is -1.54. The summed E-state index contributed by atoms with van der Waals surface area (Å²) in [6, 6.07) is 4.58. The molecule has 21 heavy (non-hydrogen) atoms. The van der Waals surface area contributed by atoms with Crippen LogP contribution >= 0.6 is 0 Å². The summed E-state index contributed by atoms with van der Waals surface area (Å²) in [4.78, 5) is 11.3. The van der Waals surface area contributed by atoms with Crippen LogP contribution in [0.15, 0.2) is 29.2 Å². The second-order valence-corrected chi connectivity index (χ2v) is 6.96. The van der Waals surface area contributed by atoms with Gasteiger partial charge in [-0.3, -0.25) is 0 Å². The molecule has 1 aromatic rings. The molecule has 0 unspecified atom stereocenters. The van der Waals surface area contributed by atoms with Crippen molar-refractivity contribution in [2.45, 2.75) is 29.7 Å². The molecule has 0 bridgehead atoms. The smallest absolute Gasteiger partial charge is 0.337 e. The van der Waals surface area contributed by atoms with Gasteiger partial charge in [0.05, 0.1) is 17.6 Å². The Balaban J connectivity index is 2.26. The monoisotopic (exact) mass is 319 g/mol. The maximum Gasteiger partial charge on any atom is 0.337 e. The number of halogens is 2. The summed E-state index contributed by atoms with van der Waals surface area (Å²) in [6.07, 6.45) is -0.973. The van der Waals surface area contributed by atoms with Gasteiger partial charge in [0.1, 0.15) is 0 Å². The lowest BCUT2D eigenvalue weighted by Crippen LogP contribution is -2.51. The second-order valence-electron chi connectivity index (χ2n) is 4.96. The molecular weight excluding hydrogens is 304 g/mol. The molecule has 1 fully saturated rings. The highest BCUT2D eigenvalue weighted by Crippen LogP contribution is 2.41. The van der Waals surface area contributed by atoms with Gasteiger partial charge in [-0.2, -0.15) is 4.31 Å². The van der Waals surface area contributed by atoms with Crippen molar-refractivity contribution in [1.82, 2.24) is 4.31 Å². The average molecular weight is 319 g/mol. The highest BCUT2D eigenvalue weighted by molar-refractivity contribution is 7.89. The molecule has 1 aliphatic carbocycles. The van der Waals surface area contributed by atoms with Crippen molar-refractivity contribution in [2.75, 3.05) is 14.2 Å². The molecular formula is C13H15F2NO4S.